The molecule has 8 heteroatoms. The zero-order valence-electron chi connectivity index (χ0n) is 14.2. The van der Waals surface area contributed by atoms with Gasteiger partial charge in [0.25, 0.3) is 5.91 Å². The Kier molecular flexibility index (Phi) is 5.70. The molecule has 0 aliphatic carbocycles. The summed E-state index contributed by atoms with van der Waals surface area (Å²) in [6, 6.07) is 9.96. The van der Waals surface area contributed by atoms with Crippen LogP contribution < -0.4 is 10.6 Å². The monoisotopic (exact) mass is 372 g/mol. The van der Waals surface area contributed by atoms with E-state index in [1.54, 1.807) is 0 Å². The normalized spacial score (nSPS) is 12.9. The summed E-state index contributed by atoms with van der Waals surface area (Å²) in [6.07, 6.45) is 5.43. The molecular weight excluding hydrogens is 352 g/mol. The van der Waals surface area contributed by atoms with Gasteiger partial charge in [0.2, 0.25) is 0 Å². The number of H-pyrrole nitrogens is 1. The molecule has 0 atom stereocenters. The standard InChI is InChI=1S/C18H20N6O.ClH/c25-18(17-15-11-19-8-7-16(15)22-23-17)20-9-6-13-10-21-24(12-13)14-4-2-1-3-5-14;/h1-5,10,12,19H,6-9,11H2,(H,20,25)(H,22,23);1H. The highest BCUT2D eigenvalue weighted by atomic mass is 35.5. The molecule has 0 bridgehead atoms. The third kappa shape index (κ3) is 3.79. The minimum Gasteiger partial charge on any atom is -0.350 e. The quantitative estimate of drug-likeness (QED) is 0.635. The molecule has 1 aliphatic rings. The van der Waals surface area contributed by atoms with Crippen LogP contribution in [-0.2, 0) is 19.4 Å². The Bertz CT molecular complexity index is 873. The van der Waals surface area contributed by atoms with E-state index >= 15 is 0 Å². The van der Waals surface area contributed by atoms with Crippen LogP contribution in [0.2, 0.25) is 0 Å². The maximum atomic E-state index is 12.4. The summed E-state index contributed by atoms with van der Waals surface area (Å²) in [6.45, 7) is 2.16. The number of aromatic nitrogens is 4. The first-order valence-electron chi connectivity index (χ1n) is 8.45. The van der Waals surface area contributed by atoms with E-state index < -0.39 is 0 Å². The van der Waals surface area contributed by atoms with Crippen LogP contribution >= 0.6 is 12.4 Å². The van der Waals surface area contributed by atoms with Gasteiger partial charge in [0, 0.05) is 43.5 Å². The molecule has 7 nitrogen and oxygen atoms in total. The van der Waals surface area contributed by atoms with Gasteiger partial charge in [0.1, 0.15) is 0 Å². The summed E-state index contributed by atoms with van der Waals surface area (Å²) in [5, 5.41) is 17.7. The number of rotatable bonds is 5. The van der Waals surface area contributed by atoms with Crippen molar-refractivity contribution in [1.29, 1.82) is 0 Å². The van der Waals surface area contributed by atoms with Crippen molar-refractivity contribution in [3.63, 3.8) is 0 Å². The molecule has 26 heavy (non-hydrogen) atoms. The Balaban J connectivity index is 0.00000196. The van der Waals surface area contributed by atoms with E-state index in [0.29, 0.717) is 18.8 Å². The number of amides is 1. The van der Waals surface area contributed by atoms with Crippen LogP contribution in [-0.4, -0.2) is 39.0 Å². The molecule has 4 rings (SSSR count). The molecule has 0 fully saturated rings. The molecule has 0 radical (unpaired) electrons. The van der Waals surface area contributed by atoms with Crippen LogP contribution in [0.1, 0.15) is 27.3 Å². The molecule has 0 saturated heterocycles. The Morgan fingerprint density at radius 2 is 2.12 bits per heavy atom. The van der Waals surface area contributed by atoms with Crippen molar-refractivity contribution in [2.45, 2.75) is 19.4 Å². The van der Waals surface area contributed by atoms with E-state index in [1.807, 2.05) is 47.4 Å². The van der Waals surface area contributed by atoms with Crippen LogP contribution in [0.15, 0.2) is 42.7 Å². The van der Waals surface area contributed by atoms with Crippen molar-refractivity contribution in [3.8, 4) is 5.69 Å². The first kappa shape index (κ1) is 18.2. The highest BCUT2D eigenvalue weighted by molar-refractivity contribution is 5.94. The minimum absolute atomic E-state index is 0. The van der Waals surface area contributed by atoms with Crippen LogP contribution in [0.25, 0.3) is 5.69 Å². The fraction of sp³-hybridized carbons (Fsp3) is 0.278. The van der Waals surface area contributed by atoms with Crippen molar-refractivity contribution < 1.29 is 4.79 Å². The molecule has 3 aromatic rings. The number of benzene rings is 1. The number of halogens is 1. The van der Waals surface area contributed by atoms with Crippen molar-refractivity contribution >= 4 is 18.3 Å². The molecule has 136 valence electrons. The molecule has 1 amide bonds. The number of para-hydroxylation sites is 1. The van der Waals surface area contributed by atoms with Crippen LogP contribution in [0, 0.1) is 0 Å². The van der Waals surface area contributed by atoms with E-state index in [2.05, 4.69) is 25.9 Å². The number of fused-ring (bicyclic) bond motifs is 1. The summed E-state index contributed by atoms with van der Waals surface area (Å²) in [5.74, 6) is -0.128. The van der Waals surface area contributed by atoms with E-state index in [0.717, 1.165) is 41.9 Å². The van der Waals surface area contributed by atoms with Crippen LogP contribution in [0.3, 0.4) is 0 Å². The Labute approximate surface area is 157 Å². The predicted octanol–water partition coefficient (Wildman–Crippen LogP) is 1.64. The summed E-state index contributed by atoms with van der Waals surface area (Å²) in [4.78, 5) is 12.4. The highest BCUT2D eigenvalue weighted by Gasteiger charge is 2.21. The Hall–Kier alpha value is -2.64. The summed E-state index contributed by atoms with van der Waals surface area (Å²) < 4.78 is 1.84. The molecule has 0 saturated carbocycles. The van der Waals surface area contributed by atoms with Gasteiger partial charge in [-0.1, -0.05) is 18.2 Å². The fourth-order valence-electron chi connectivity index (χ4n) is 3.03. The zero-order chi connectivity index (χ0) is 17.1. The third-order valence-corrected chi connectivity index (χ3v) is 4.38. The lowest BCUT2D eigenvalue weighted by Crippen LogP contribution is -2.29. The SMILES string of the molecule is Cl.O=C(NCCc1cnn(-c2ccccc2)c1)c1n[nH]c2c1CNCC2. The maximum absolute atomic E-state index is 12.4. The Morgan fingerprint density at radius 3 is 2.96 bits per heavy atom. The highest BCUT2D eigenvalue weighted by Crippen LogP contribution is 2.15. The number of nitrogens with zero attached hydrogens (tertiary/aromatic N) is 3. The second kappa shape index (κ2) is 8.16. The smallest absolute Gasteiger partial charge is 0.272 e. The van der Waals surface area contributed by atoms with Crippen molar-refractivity contribution in [3.05, 3.63) is 65.2 Å². The lowest BCUT2D eigenvalue weighted by molar-refractivity contribution is 0.0948. The second-order valence-corrected chi connectivity index (χ2v) is 6.09. The number of aromatic amines is 1. The predicted molar refractivity (Wildman–Crippen MR) is 101 cm³/mol. The number of carbonyl (C=O) groups is 1. The molecule has 0 spiro atoms. The molecule has 0 unspecified atom stereocenters. The lowest BCUT2D eigenvalue weighted by Gasteiger charge is -2.12. The van der Waals surface area contributed by atoms with Gasteiger partial charge in [-0.3, -0.25) is 9.89 Å². The zero-order valence-corrected chi connectivity index (χ0v) is 15.1. The molecule has 1 aromatic carbocycles. The number of hydrogen-bond donors (Lipinski definition) is 3. The number of carbonyl (C=O) groups excluding carboxylic acids is 1. The van der Waals surface area contributed by atoms with E-state index in [4.69, 9.17) is 0 Å². The minimum atomic E-state index is -0.128. The van der Waals surface area contributed by atoms with Crippen molar-refractivity contribution in [2.75, 3.05) is 13.1 Å². The summed E-state index contributed by atoms with van der Waals surface area (Å²) in [5.41, 5.74) is 4.65. The molecule has 3 heterocycles. The average molecular weight is 373 g/mol. The van der Waals surface area contributed by atoms with Crippen molar-refractivity contribution in [1.82, 2.24) is 30.6 Å². The average Bonchev–Trinajstić information content (AvgIpc) is 3.29. The van der Waals surface area contributed by atoms with Gasteiger partial charge in [0.15, 0.2) is 5.69 Å². The number of hydrogen-bond acceptors (Lipinski definition) is 4. The van der Waals surface area contributed by atoms with E-state index in [-0.39, 0.29) is 18.3 Å². The second-order valence-electron chi connectivity index (χ2n) is 6.09. The maximum Gasteiger partial charge on any atom is 0.272 e. The summed E-state index contributed by atoms with van der Waals surface area (Å²) in [7, 11) is 0. The van der Waals surface area contributed by atoms with Gasteiger partial charge in [-0.25, -0.2) is 4.68 Å². The number of nitrogens with one attached hydrogen (secondary N) is 3. The van der Waals surface area contributed by atoms with Gasteiger partial charge < -0.3 is 10.6 Å². The van der Waals surface area contributed by atoms with Crippen LogP contribution in [0.5, 0.6) is 0 Å². The van der Waals surface area contributed by atoms with Crippen molar-refractivity contribution in [2.24, 2.45) is 0 Å². The van der Waals surface area contributed by atoms with Gasteiger partial charge >= 0.3 is 0 Å². The van der Waals surface area contributed by atoms with Gasteiger partial charge in [-0.15, -0.1) is 12.4 Å². The largest absolute Gasteiger partial charge is 0.350 e. The third-order valence-electron chi connectivity index (χ3n) is 4.38. The Morgan fingerprint density at radius 1 is 1.27 bits per heavy atom. The first-order valence-corrected chi connectivity index (χ1v) is 8.45. The molecule has 2 aromatic heterocycles. The summed E-state index contributed by atoms with van der Waals surface area (Å²) >= 11 is 0. The van der Waals surface area contributed by atoms with E-state index in [1.165, 1.54) is 0 Å². The lowest BCUT2D eigenvalue weighted by atomic mass is 10.1. The van der Waals surface area contributed by atoms with Gasteiger partial charge in [-0.05, 0) is 24.1 Å². The molecule has 3 N–H and O–H groups in total. The topological polar surface area (TPSA) is 87.6 Å². The first-order chi connectivity index (χ1) is 12.3. The molecular formula is C18H21ClN6O. The van der Waals surface area contributed by atoms with Gasteiger partial charge in [-0.2, -0.15) is 10.2 Å². The van der Waals surface area contributed by atoms with Crippen LogP contribution in [0.4, 0.5) is 0 Å². The molecule has 1 aliphatic heterocycles. The van der Waals surface area contributed by atoms with E-state index in [9.17, 15) is 4.79 Å². The van der Waals surface area contributed by atoms with Gasteiger partial charge in [0.05, 0.1) is 11.9 Å². The fourth-order valence-corrected chi connectivity index (χ4v) is 3.03.